The standard InChI is InChI=1S/C8H5FO4.2Na/c9-5-3-1-2-4(7(10)11)6(5)8(12)13;;/h1-3H,(H,10,11)(H,12,13);;/q;2*+1/p-2. The molecular formula is C8H3FNa2O4. The Bertz CT molecular complexity index is 381. The molecule has 0 spiro atoms. The first kappa shape index (κ1) is 17.5. The third-order valence-electron chi connectivity index (χ3n) is 1.44. The molecule has 0 N–H and O–H groups in total. The molecule has 0 radical (unpaired) electrons. The van der Waals surface area contributed by atoms with E-state index < -0.39 is 28.9 Å². The van der Waals surface area contributed by atoms with Crippen molar-refractivity contribution in [1.29, 1.82) is 0 Å². The van der Waals surface area contributed by atoms with E-state index in [9.17, 15) is 24.2 Å². The Labute approximate surface area is 129 Å². The van der Waals surface area contributed by atoms with Crippen molar-refractivity contribution in [1.82, 2.24) is 0 Å². The first-order valence-corrected chi connectivity index (χ1v) is 3.25. The van der Waals surface area contributed by atoms with Crippen LogP contribution >= 0.6 is 0 Å². The molecule has 4 nitrogen and oxygen atoms in total. The predicted molar refractivity (Wildman–Crippen MR) is 35.1 cm³/mol. The summed E-state index contributed by atoms with van der Waals surface area (Å²) in [6.07, 6.45) is 0. The van der Waals surface area contributed by atoms with Crippen molar-refractivity contribution < 1.29 is 83.3 Å². The Morgan fingerprint density at radius 1 is 1.07 bits per heavy atom. The van der Waals surface area contributed by atoms with Crippen LogP contribution in [0.3, 0.4) is 0 Å². The van der Waals surface area contributed by atoms with Gasteiger partial charge >= 0.3 is 59.1 Å². The molecule has 0 aromatic heterocycles. The Morgan fingerprint density at radius 2 is 1.60 bits per heavy atom. The average Bonchev–Trinajstić information content (AvgIpc) is 2.02. The van der Waals surface area contributed by atoms with Crippen molar-refractivity contribution >= 4 is 11.9 Å². The molecule has 0 aliphatic heterocycles. The van der Waals surface area contributed by atoms with Crippen molar-refractivity contribution in [2.45, 2.75) is 0 Å². The van der Waals surface area contributed by atoms with Gasteiger partial charge in [-0.15, -0.1) is 0 Å². The second-order valence-electron chi connectivity index (χ2n) is 2.24. The first-order chi connectivity index (χ1) is 6.04. The SMILES string of the molecule is O=C([O-])c1cccc(F)c1C(=O)[O-].[Na+].[Na+]. The monoisotopic (exact) mass is 228 g/mol. The minimum Gasteiger partial charge on any atom is -0.545 e. The number of hydrogen-bond donors (Lipinski definition) is 0. The van der Waals surface area contributed by atoms with Gasteiger partial charge in [0.1, 0.15) is 5.82 Å². The number of carboxylic acids is 2. The Balaban J connectivity index is 0. The number of hydrogen-bond acceptors (Lipinski definition) is 4. The van der Waals surface area contributed by atoms with Gasteiger partial charge in [0, 0.05) is 11.1 Å². The van der Waals surface area contributed by atoms with Gasteiger partial charge in [-0.3, -0.25) is 0 Å². The molecule has 68 valence electrons. The van der Waals surface area contributed by atoms with Gasteiger partial charge in [0.25, 0.3) is 0 Å². The molecular weight excluding hydrogens is 225 g/mol. The van der Waals surface area contributed by atoms with Crippen molar-refractivity contribution in [3.8, 4) is 0 Å². The smallest absolute Gasteiger partial charge is 0.545 e. The van der Waals surface area contributed by atoms with Crippen molar-refractivity contribution in [3.05, 3.63) is 35.1 Å². The van der Waals surface area contributed by atoms with Crippen LogP contribution in [0.5, 0.6) is 0 Å². The molecule has 0 aliphatic carbocycles. The largest absolute Gasteiger partial charge is 1.00 e. The van der Waals surface area contributed by atoms with E-state index in [0.717, 1.165) is 18.2 Å². The second kappa shape index (κ2) is 7.38. The number of rotatable bonds is 2. The number of carbonyl (C=O) groups is 2. The zero-order valence-electron chi connectivity index (χ0n) is 8.24. The van der Waals surface area contributed by atoms with E-state index in [0.29, 0.717) is 0 Å². The van der Waals surface area contributed by atoms with Crippen LogP contribution in [0, 0.1) is 5.82 Å². The quantitative estimate of drug-likeness (QED) is 0.471. The number of halogens is 1. The van der Waals surface area contributed by atoms with E-state index >= 15 is 0 Å². The zero-order chi connectivity index (χ0) is 10.0. The fourth-order valence-corrected chi connectivity index (χ4v) is 0.902. The van der Waals surface area contributed by atoms with Crippen molar-refractivity contribution in [2.75, 3.05) is 0 Å². The molecule has 0 saturated carbocycles. The summed E-state index contributed by atoms with van der Waals surface area (Å²) in [6, 6.07) is 2.84. The summed E-state index contributed by atoms with van der Waals surface area (Å²) in [5.74, 6) is -4.78. The van der Waals surface area contributed by atoms with E-state index in [1.165, 1.54) is 0 Å². The van der Waals surface area contributed by atoms with E-state index in [1.54, 1.807) is 0 Å². The Morgan fingerprint density at radius 3 is 1.93 bits per heavy atom. The second-order valence-corrected chi connectivity index (χ2v) is 2.24. The number of aromatic carboxylic acids is 2. The van der Waals surface area contributed by atoms with E-state index in [4.69, 9.17) is 0 Å². The van der Waals surface area contributed by atoms with Crippen LogP contribution in [0.25, 0.3) is 0 Å². The van der Waals surface area contributed by atoms with Gasteiger partial charge in [-0.1, -0.05) is 12.1 Å². The molecule has 0 saturated heterocycles. The maximum atomic E-state index is 12.7. The normalized spacial score (nSPS) is 8.33. The summed E-state index contributed by atoms with van der Waals surface area (Å²) in [5.41, 5.74) is -1.71. The molecule has 0 heterocycles. The minimum atomic E-state index is -1.88. The predicted octanol–water partition coefficient (Wildman–Crippen LogP) is -7.44. The van der Waals surface area contributed by atoms with E-state index in [2.05, 4.69) is 0 Å². The maximum absolute atomic E-state index is 12.7. The van der Waals surface area contributed by atoms with Crippen LogP contribution < -0.4 is 69.3 Å². The topological polar surface area (TPSA) is 80.3 Å². The number of carbonyl (C=O) groups excluding carboxylic acids is 2. The summed E-state index contributed by atoms with van der Waals surface area (Å²) in [5, 5.41) is 20.6. The van der Waals surface area contributed by atoms with Crippen LogP contribution in [0.4, 0.5) is 4.39 Å². The van der Waals surface area contributed by atoms with Crippen LogP contribution in [0.2, 0.25) is 0 Å². The molecule has 0 bridgehead atoms. The molecule has 0 aliphatic rings. The number of benzene rings is 1. The third kappa shape index (κ3) is 4.22. The van der Waals surface area contributed by atoms with Crippen LogP contribution in [0.1, 0.15) is 20.7 Å². The van der Waals surface area contributed by atoms with Crippen LogP contribution in [-0.2, 0) is 0 Å². The molecule has 0 atom stereocenters. The average molecular weight is 228 g/mol. The van der Waals surface area contributed by atoms with Crippen LogP contribution in [-0.4, -0.2) is 11.9 Å². The Kier molecular flexibility index (Phi) is 8.60. The Hall–Kier alpha value is 0.0900. The first-order valence-electron chi connectivity index (χ1n) is 3.25. The summed E-state index contributed by atoms with van der Waals surface area (Å²) < 4.78 is 12.7. The third-order valence-corrected chi connectivity index (χ3v) is 1.44. The molecule has 0 fully saturated rings. The summed E-state index contributed by atoms with van der Waals surface area (Å²) in [6.45, 7) is 0. The van der Waals surface area contributed by atoms with E-state index in [1.807, 2.05) is 0 Å². The fourth-order valence-electron chi connectivity index (χ4n) is 0.902. The molecule has 1 rings (SSSR count). The van der Waals surface area contributed by atoms with Gasteiger partial charge in [0.2, 0.25) is 0 Å². The van der Waals surface area contributed by atoms with Gasteiger partial charge in [-0.2, -0.15) is 0 Å². The van der Waals surface area contributed by atoms with Gasteiger partial charge < -0.3 is 19.8 Å². The zero-order valence-corrected chi connectivity index (χ0v) is 12.2. The molecule has 1 aromatic carbocycles. The fraction of sp³-hybridized carbons (Fsp3) is 0. The summed E-state index contributed by atoms with van der Waals surface area (Å²) in [7, 11) is 0. The molecule has 15 heavy (non-hydrogen) atoms. The van der Waals surface area contributed by atoms with Crippen LogP contribution in [0.15, 0.2) is 18.2 Å². The summed E-state index contributed by atoms with van der Waals surface area (Å²) in [4.78, 5) is 20.6. The van der Waals surface area contributed by atoms with Crippen molar-refractivity contribution in [2.24, 2.45) is 0 Å². The van der Waals surface area contributed by atoms with Gasteiger partial charge in [-0.25, -0.2) is 4.39 Å². The molecule has 7 heteroatoms. The maximum Gasteiger partial charge on any atom is 1.00 e. The minimum absolute atomic E-state index is 0. The van der Waals surface area contributed by atoms with Gasteiger partial charge in [0.15, 0.2) is 0 Å². The van der Waals surface area contributed by atoms with E-state index in [-0.39, 0.29) is 59.1 Å². The van der Waals surface area contributed by atoms with Gasteiger partial charge in [0.05, 0.1) is 11.9 Å². The number of carboxylic acid groups (broad SMARTS) is 2. The molecule has 1 aromatic rings. The molecule has 0 amide bonds. The van der Waals surface area contributed by atoms with Gasteiger partial charge in [-0.05, 0) is 6.07 Å². The molecule has 0 unspecified atom stereocenters. The van der Waals surface area contributed by atoms with Crippen molar-refractivity contribution in [3.63, 3.8) is 0 Å². The summed E-state index contributed by atoms with van der Waals surface area (Å²) >= 11 is 0.